The Balaban J connectivity index is 2.25. The van der Waals surface area contributed by atoms with Crippen LogP contribution in [-0.2, 0) is 0 Å². The van der Waals surface area contributed by atoms with Gasteiger partial charge in [0.15, 0.2) is 0 Å². The SMILES string of the molecule is CC(C)CN(CCCCC(C)(C)C(N)=NO)C1CC1. The van der Waals surface area contributed by atoms with E-state index in [1.54, 1.807) is 0 Å². The van der Waals surface area contributed by atoms with Gasteiger partial charge in [0.05, 0.1) is 0 Å². The summed E-state index contributed by atoms with van der Waals surface area (Å²) in [5, 5.41) is 11.9. The van der Waals surface area contributed by atoms with Crippen LogP contribution < -0.4 is 5.73 Å². The van der Waals surface area contributed by atoms with Crippen molar-refractivity contribution >= 4 is 5.84 Å². The standard InChI is InChI=1S/C15H31N3O/c1-12(2)11-18(13-7-8-13)10-6-5-9-15(3,4)14(16)17-19/h12-13,19H,5-11H2,1-4H3,(H2,16,17). The molecule has 0 aliphatic heterocycles. The number of unbranched alkanes of at least 4 members (excludes halogenated alkanes) is 1. The fraction of sp³-hybridized carbons (Fsp3) is 0.933. The molecule has 0 aromatic carbocycles. The summed E-state index contributed by atoms with van der Waals surface area (Å²) in [4.78, 5) is 2.64. The maximum absolute atomic E-state index is 8.75. The predicted octanol–water partition coefficient (Wildman–Crippen LogP) is 3.05. The zero-order chi connectivity index (χ0) is 14.5. The molecule has 1 rings (SSSR count). The fourth-order valence-electron chi connectivity index (χ4n) is 2.48. The van der Waals surface area contributed by atoms with Gasteiger partial charge < -0.3 is 15.8 Å². The summed E-state index contributed by atoms with van der Waals surface area (Å²) in [6.07, 6.45) is 6.06. The summed E-state index contributed by atoms with van der Waals surface area (Å²) in [7, 11) is 0. The highest BCUT2D eigenvalue weighted by atomic mass is 16.4. The van der Waals surface area contributed by atoms with Gasteiger partial charge in [-0.2, -0.15) is 0 Å². The fourth-order valence-corrected chi connectivity index (χ4v) is 2.48. The van der Waals surface area contributed by atoms with Crippen LogP contribution in [0.3, 0.4) is 0 Å². The van der Waals surface area contributed by atoms with E-state index in [1.165, 1.54) is 32.4 Å². The van der Waals surface area contributed by atoms with Crippen LogP contribution in [0.2, 0.25) is 0 Å². The van der Waals surface area contributed by atoms with Crippen molar-refractivity contribution in [1.82, 2.24) is 4.90 Å². The molecule has 19 heavy (non-hydrogen) atoms. The molecule has 0 saturated heterocycles. The van der Waals surface area contributed by atoms with Gasteiger partial charge in [0, 0.05) is 18.0 Å². The normalized spacial score (nSPS) is 17.5. The minimum absolute atomic E-state index is 0.197. The smallest absolute Gasteiger partial charge is 0.144 e. The molecule has 1 fully saturated rings. The molecule has 0 aromatic heterocycles. The lowest BCUT2D eigenvalue weighted by Crippen LogP contribution is -2.33. The third-order valence-electron chi connectivity index (χ3n) is 3.96. The van der Waals surface area contributed by atoms with Crippen molar-refractivity contribution in [1.29, 1.82) is 0 Å². The third kappa shape index (κ3) is 5.81. The molecular formula is C15H31N3O. The van der Waals surface area contributed by atoms with E-state index in [2.05, 4.69) is 23.9 Å². The summed E-state index contributed by atoms with van der Waals surface area (Å²) in [6, 6.07) is 0.847. The Morgan fingerprint density at radius 2 is 2.00 bits per heavy atom. The zero-order valence-corrected chi connectivity index (χ0v) is 13.0. The molecule has 0 bridgehead atoms. The van der Waals surface area contributed by atoms with E-state index in [-0.39, 0.29) is 5.41 Å². The van der Waals surface area contributed by atoms with Crippen LogP contribution in [0.5, 0.6) is 0 Å². The topological polar surface area (TPSA) is 61.8 Å². The van der Waals surface area contributed by atoms with E-state index in [1.807, 2.05) is 13.8 Å². The van der Waals surface area contributed by atoms with E-state index >= 15 is 0 Å². The van der Waals surface area contributed by atoms with Crippen LogP contribution >= 0.6 is 0 Å². The van der Waals surface area contributed by atoms with E-state index in [0.29, 0.717) is 5.84 Å². The molecule has 4 nitrogen and oxygen atoms in total. The number of nitrogens with two attached hydrogens (primary N) is 1. The highest BCUT2D eigenvalue weighted by molar-refractivity contribution is 5.85. The lowest BCUT2D eigenvalue weighted by Gasteiger charge is -2.26. The zero-order valence-electron chi connectivity index (χ0n) is 13.0. The largest absolute Gasteiger partial charge is 0.409 e. The number of amidine groups is 1. The Hall–Kier alpha value is -0.770. The van der Waals surface area contributed by atoms with Crippen molar-refractivity contribution in [2.24, 2.45) is 22.2 Å². The quantitative estimate of drug-likeness (QED) is 0.222. The molecule has 3 N–H and O–H groups in total. The number of nitrogens with zero attached hydrogens (tertiary/aromatic N) is 2. The molecule has 0 aromatic rings. The number of rotatable bonds is 9. The summed E-state index contributed by atoms with van der Waals surface area (Å²) in [5.74, 6) is 1.09. The molecule has 112 valence electrons. The molecular weight excluding hydrogens is 238 g/mol. The van der Waals surface area contributed by atoms with E-state index in [0.717, 1.165) is 24.8 Å². The summed E-state index contributed by atoms with van der Waals surface area (Å²) in [6.45, 7) is 11.1. The van der Waals surface area contributed by atoms with Gasteiger partial charge in [-0.1, -0.05) is 39.3 Å². The first kappa shape index (κ1) is 16.3. The first-order valence-corrected chi connectivity index (χ1v) is 7.59. The highest BCUT2D eigenvalue weighted by Gasteiger charge is 2.29. The van der Waals surface area contributed by atoms with Crippen LogP contribution in [-0.4, -0.2) is 35.1 Å². The van der Waals surface area contributed by atoms with Crippen LogP contribution in [0, 0.1) is 11.3 Å². The Labute approximate surface area is 118 Å². The lowest BCUT2D eigenvalue weighted by molar-refractivity contribution is 0.226. The first-order valence-electron chi connectivity index (χ1n) is 7.59. The maximum Gasteiger partial charge on any atom is 0.144 e. The summed E-state index contributed by atoms with van der Waals surface area (Å²) < 4.78 is 0. The van der Waals surface area contributed by atoms with Crippen molar-refractivity contribution in [3.05, 3.63) is 0 Å². The van der Waals surface area contributed by atoms with Crippen LogP contribution in [0.15, 0.2) is 5.16 Å². The van der Waals surface area contributed by atoms with Gasteiger partial charge in [0.25, 0.3) is 0 Å². The summed E-state index contributed by atoms with van der Waals surface area (Å²) >= 11 is 0. The Morgan fingerprint density at radius 3 is 2.47 bits per heavy atom. The minimum atomic E-state index is -0.197. The second kappa shape index (κ2) is 7.13. The second-order valence-electron chi connectivity index (χ2n) is 6.95. The molecule has 4 heteroatoms. The molecule has 1 saturated carbocycles. The van der Waals surface area contributed by atoms with Gasteiger partial charge in [-0.3, -0.25) is 0 Å². The average molecular weight is 269 g/mol. The molecule has 0 atom stereocenters. The van der Waals surface area contributed by atoms with Gasteiger partial charge in [0.2, 0.25) is 0 Å². The van der Waals surface area contributed by atoms with Crippen molar-refractivity contribution in [2.45, 2.75) is 65.8 Å². The van der Waals surface area contributed by atoms with E-state index in [9.17, 15) is 0 Å². The number of oxime groups is 1. The molecule has 0 spiro atoms. The Kier molecular flexibility index (Phi) is 6.11. The van der Waals surface area contributed by atoms with Gasteiger partial charge in [-0.05, 0) is 38.1 Å². The Bertz CT molecular complexity index is 296. The predicted molar refractivity (Wildman–Crippen MR) is 80.5 cm³/mol. The van der Waals surface area contributed by atoms with Gasteiger partial charge in [-0.15, -0.1) is 0 Å². The highest BCUT2D eigenvalue weighted by Crippen LogP contribution is 2.29. The number of hydrogen-bond acceptors (Lipinski definition) is 3. The number of hydrogen-bond donors (Lipinski definition) is 2. The van der Waals surface area contributed by atoms with E-state index in [4.69, 9.17) is 10.9 Å². The molecule has 1 aliphatic carbocycles. The van der Waals surface area contributed by atoms with E-state index < -0.39 is 0 Å². The summed E-state index contributed by atoms with van der Waals surface area (Å²) in [5.41, 5.74) is 5.51. The monoisotopic (exact) mass is 269 g/mol. The van der Waals surface area contributed by atoms with Crippen molar-refractivity contribution < 1.29 is 5.21 Å². The molecule has 1 aliphatic rings. The van der Waals surface area contributed by atoms with Gasteiger partial charge >= 0.3 is 0 Å². The maximum atomic E-state index is 8.75. The van der Waals surface area contributed by atoms with Crippen LogP contribution in [0.25, 0.3) is 0 Å². The third-order valence-corrected chi connectivity index (χ3v) is 3.96. The van der Waals surface area contributed by atoms with Gasteiger partial charge in [0.1, 0.15) is 5.84 Å². The van der Waals surface area contributed by atoms with Crippen LogP contribution in [0.1, 0.15) is 59.8 Å². The van der Waals surface area contributed by atoms with Crippen molar-refractivity contribution in [3.8, 4) is 0 Å². The van der Waals surface area contributed by atoms with Crippen LogP contribution in [0.4, 0.5) is 0 Å². The Morgan fingerprint density at radius 1 is 1.37 bits per heavy atom. The second-order valence-corrected chi connectivity index (χ2v) is 6.95. The minimum Gasteiger partial charge on any atom is -0.409 e. The molecule has 0 radical (unpaired) electrons. The van der Waals surface area contributed by atoms with Crippen molar-refractivity contribution in [2.75, 3.05) is 13.1 Å². The van der Waals surface area contributed by atoms with Crippen molar-refractivity contribution in [3.63, 3.8) is 0 Å². The molecule has 0 unspecified atom stereocenters. The average Bonchev–Trinajstić information content (AvgIpc) is 3.15. The lowest BCUT2D eigenvalue weighted by atomic mass is 9.86. The van der Waals surface area contributed by atoms with Gasteiger partial charge in [-0.25, -0.2) is 0 Å². The molecule has 0 amide bonds. The first-order chi connectivity index (χ1) is 8.86. The molecule has 0 heterocycles.